The van der Waals surface area contributed by atoms with Gasteiger partial charge in [0.2, 0.25) is 0 Å². The fourth-order valence-electron chi connectivity index (χ4n) is 3.04. The Hall–Kier alpha value is -2.48. The van der Waals surface area contributed by atoms with E-state index in [0.29, 0.717) is 22.4 Å². The first kappa shape index (κ1) is 19.3. The predicted octanol–water partition coefficient (Wildman–Crippen LogP) is 2.73. The number of pyridine rings is 2. The molecule has 1 saturated heterocycles. The minimum Gasteiger partial charge on any atom is -0.366 e. The molecular weight excluding hydrogens is 366 g/mol. The zero-order valence-corrected chi connectivity index (χ0v) is 15.6. The first-order valence-corrected chi connectivity index (χ1v) is 9.17. The lowest BCUT2D eigenvalue weighted by atomic mass is 10.0. The Bertz CT molecular complexity index is 792. The third-order valence-electron chi connectivity index (χ3n) is 4.46. The van der Waals surface area contributed by atoms with Crippen LogP contribution in [0.4, 0.5) is 5.82 Å². The number of anilines is 1. The number of piperidine rings is 1. The first-order chi connectivity index (χ1) is 13.1. The van der Waals surface area contributed by atoms with E-state index in [-0.39, 0.29) is 0 Å². The van der Waals surface area contributed by atoms with Crippen LogP contribution in [0.15, 0.2) is 42.9 Å². The zero-order chi connectivity index (χ0) is 19.1. The van der Waals surface area contributed by atoms with Gasteiger partial charge in [-0.15, -0.1) is 0 Å². The van der Waals surface area contributed by atoms with E-state index in [9.17, 15) is 4.79 Å². The number of nitrogens with one attached hydrogen (secondary N) is 2. The molecule has 3 rings (SSSR count). The Morgan fingerprint density at radius 1 is 1.37 bits per heavy atom. The number of hydrogen-bond acceptors (Lipinski definition) is 6. The van der Waals surface area contributed by atoms with Crippen molar-refractivity contribution in [2.24, 2.45) is 0 Å². The average molecular weight is 388 g/mol. The highest BCUT2D eigenvalue weighted by Gasteiger charge is 2.20. The lowest BCUT2D eigenvalue weighted by molar-refractivity contribution is -0.124. The molecule has 7 nitrogen and oxygen atoms in total. The molecule has 3 heterocycles. The number of carbonyl (C=O) groups excluding carboxylic acids is 1. The van der Waals surface area contributed by atoms with Gasteiger partial charge in [0.1, 0.15) is 5.82 Å². The van der Waals surface area contributed by atoms with Gasteiger partial charge in [-0.05, 0) is 42.2 Å². The maximum absolute atomic E-state index is 11.0. The Morgan fingerprint density at radius 3 is 2.85 bits per heavy atom. The van der Waals surface area contributed by atoms with E-state index >= 15 is 0 Å². The summed E-state index contributed by atoms with van der Waals surface area (Å²) in [5, 5.41) is 12.4. The van der Waals surface area contributed by atoms with Crippen LogP contribution in [-0.4, -0.2) is 45.1 Å². The van der Waals surface area contributed by atoms with Crippen LogP contribution in [0.5, 0.6) is 0 Å². The average Bonchev–Trinajstić information content (AvgIpc) is 2.70. The molecule has 0 unspecified atom stereocenters. The van der Waals surface area contributed by atoms with Crippen molar-refractivity contribution in [1.29, 1.82) is 0 Å². The second kappa shape index (κ2) is 9.45. The molecule has 0 aromatic carbocycles. The SMILES string of the molecule is O=C(/C=C/c1cnc(NC2CCN(Cc3cccnc3)CC2)c(Cl)c1)NO. The van der Waals surface area contributed by atoms with Gasteiger partial charge in [0, 0.05) is 50.3 Å². The van der Waals surface area contributed by atoms with E-state index < -0.39 is 5.91 Å². The number of hydrogen-bond donors (Lipinski definition) is 3. The van der Waals surface area contributed by atoms with E-state index in [4.69, 9.17) is 16.8 Å². The van der Waals surface area contributed by atoms with Crippen molar-refractivity contribution in [1.82, 2.24) is 20.3 Å². The summed E-state index contributed by atoms with van der Waals surface area (Å²) in [6, 6.07) is 6.12. The standard InChI is InChI=1S/C19H22ClN5O2/c20-17-10-14(3-4-18(26)24-27)12-22-19(17)23-16-5-8-25(9-6-16)13-15-2-1-7-21-11-15/h1-4,7,10-12,16,27H,5-6,8-9,13H2,(H,22,23)(H,24,26)/b4-3+. The van der Waals surface area contributed by atoms with Crippen LogP contribution in [0.1, 0.15) is 24.0 Å². The molecular formula is C19H22ClN5O2. The van der Waals surface area contributed by atoms with Crippen LogP contribution in [0.25, 0.3) is 6.08 Å². The van der Waals surface area contributed by atoms with Crippen LogP contribution in [0, 0.1) is 0 Å². The van der Waals surface area contributed by atoms with Crippen molar-refractivity contribution in [2.45, 2.75) is 25.4 Å². The summed E-state index contributed by atoms with van der Waals surface area (Å²) in [5.74, 6) is 0.0394. The summed E-state index contributed by atoms with van der Waals surface area (Å²) in [6.45, 7) is 2.92. The van der Waals surface area contributed by atoms with E-state index in [1.807, 2.05) is 12.3 Å². The quantitative estimate of drug-likeness (QED) is 0.401. The molecule has 0 atom stereocenters. The third-order valence-corrected chi connectivity index (χ3v) is 4.75. The van der Waals surface area contributed by atoms with Crippen LogP contribution in [0.3, 0.4) is 0 Å². The van der Waals surface area contributed by atoms with Crippen LogP contribution in [-0.2, 0) is 11.3 Å². The number of amides is 1. The molecule has 2 aromatic rings. The van der Waals surface area contributed by atoms with Gasteiger partial charge in [-0.2, -0.15) is 0 Å². The fraction of sp³-hybridized carbons (Fsp3) is 0.316. The number of rotatable bonds is 6. The van der Waals surface area contributed by atoms with Gasteiger partial charge in [-0.25, -0.2) is 10.5 Å². The number of aromatic nitrogens is 2. The van der Waals surface area contributed by atoms with Crippen molar-refractivity contribution in [2.75, 3.05) is 18.4 Å². The van der Waals surface area contributed by atoms with E-state index in [2.05, 4.69) is 26.3 Å². The summed E-state index contributed by atoms with van der Waals surface area (Å²) >= 11 is 6.31. The predicted molar refractivity (Wildman–Crippen MR) is 104 cm³/mol. The first-order valence-electron chi connectivity index (χ1n) is 8.79. The van der Waals surface area contributed by atoms with Gasteiger partial charge in [-0.3, -0.25) is 19.9 Å². The van der Waals surface area contributed by atoms with E-state index in [1.165, 1.54) is 23.2 Å². The van der Waals surface area contributed by atoms with Gasteiger partial charge >= 0.3 is 0 Å². The molecule has 1 aliphatic heterocycles. The molecule has 0 bridgehead atoms. The number of halogens is 1. The highest BCUT2D eigenvalue weighted by atomic mass is 35.5. The minimum absolute atomic E-state index is 0.321. The van der Waals surface area contributed by atoms with Crippen molar-refractivity contribution < 1.29 is 10.0 Å². The number of nitrogens with zero attached hydrogens (tertiary/aromatic N) is 3. The minimum atomic E-state index is -0.605. The second-order valence-electron chi connectivity index (χ2n) is 6.46. The topological polar surface area (TPSA) is 90.4 Å². The Labute approximate surface area is 163 Å². The summed E-state index contributed by atoms with van der Waals surface area (Å²) in [7, 11) is 0. The van der Waals surface area contributed by atoms with E-state index in [1.54, 1.807) is 18.5 Å². The molecule has 0 saturated carbocycles. The van der Waals surface area contributed by atoms with Crippen molar-refractivity contribution in [3.63, 3.8) is 0 Å². The molecule has 142 valence electrons. The lowest BCUT2D eigenvalue weighted by Crippen LogP contribution is -2.38. The molecule has 8 heteroatoms. The molecule has 1 fully saturated rings. The van der Waals surface area contributed by atoms with Crippen molar-refractivity contribution >= 4 is 29.4 Å². The summed E-state index contributed by atoms with van der Waals surface area (Å²) < 4.78 is 0. The second-order valence-corrected chi connectivity index (χ2v) is 6.87. The largest absolute Gasteiger partial charge is 0.366 e. The molecule has 1 aliphatic rings. The molecule has 3 N–H and O–H groups in total. The van der Waals surface area contributed by atoms with Crippen molar-refractivity contribution in [3.8, 4) is 0 Å². The summed E-state index contributed by atoms with van der Waals surface area (Å²) in [5.41, 5.74) is 3.44. The maximum Gasteiger partial charge on any atom is 0.267 e. The molecule has 0 radical (unpaired) electrons. The van der Waals surface area contributed by atoms with Gasteiger partial charge in [0.15, 0.2) is 0 Å². The fourth-order valence-corrected chi connectivity index (χ4v) is 3.27. The Kier molecular flexibility index (Phi) is 6.75. The van der Waals surface area contributed by atoms with E-state index in [0.717, 1.165) is 32.5 Å². The Balaban J connectivity index is 1.51. The zero-order valence-electron chi connectivity index (χ0n) is 14.8. The number of carbonyl (C=O) groups is 1. The van der Waals surface area contributed by atoms with Gasteiger partial charge in [-0.1, -0.05) is 17.7 Å². The summed E-state index contributed by atoms with van der Waals surface area (Å²) in [4.78, 5) is 22.0. The highest BCUT2D eigenvalue weighted by molar-refractivity contribution is 6.33. The number of hydroxylamine groups is 1. The van der Waals surface area contributed by atoms with Gasteiger partial charge in [0.25, 0.3) is 5.91 Å². The smallest absolute Gasteiger partial charge is 0.267 e. The van der Waals surface area contributed by atoms with Gasteiger partial charge < -0.3 is 5.32 Å². The third kappa shape index (κ3) is 5.75. The van der Waals surface area contributed by atoms with Crippen LogP contribution >= 0.6 is 11.6 Å². The Morgan fingerprint density at radius 2 is 2.19 bits per heavy atom. The highest BCUT2D eigenvalue weighted by Crippen LogP contribution is 2.24. The maximum atomic E-state index is 11.0. The normalized spacial score (nSPS) is 15.8. The van der Waals surface area contributed by atoms with Gasteiger partial charge in [0.05, 0.1) is 5.02 Å². The summed E-state index contributed by atoms with van der Waals surface area (Å²) in [6.07, 6.45) is 10.1. The molecule has 0 spiro atoms. The lowest BCUT2D eigenvalue weighted by Gasteiger charge is -2.32. The monoisotopic (exact) mass is 387 g/mol. The van der Waals surface area contributed by atoms with Crippen LogP contribution < -0.4 is 10.8 Å². The van der Waals surface area contributed by atoms with Crippen molar-refractivity contribution in [3.05, 3.63) is 59.0 Å². The molecule has 27 heavy (non-hydrogen) atoms. The number of likely N-dealkylation sites (tertiary alicyclic amines) is 1. The molecule has 1 amide bonds. The molecule has 0 aliphatic carbocycles. The van der Waals surface area contributed by atoms with Crippen LogP contribution in [0.2, 0.25) is 5.02 Å². The molecule has 2 aromatic heterocycles.